The van der Waals surface area contributed by atoms with Gasteiger partial charge in [0.2, 0.25) is 0 Å². The zero-order valence-corrected chi connectivity index (χ0v) is 12.4. The van der Waals surface area contributed by atoms with Gasteiger partial charge in [0.15, 0.2) is 0 Å². The Morgan fingerprint density at radius 3 is 2.16 bits per heavy atom. The summed E-state index contributed by atoms with van der Waals surface area (Å²) in [5, 5.41) is 3.98. The third kappa shape index (κ3) is 4.05. The Bertz CT molecular complexity index is 546. The molecular formula is C16H16ClNS. The van der Waals surface area contributed by atoms with Crippen LogP contribution in [0.4, 0.5) is 0 Å². The number of aryl methyl sites for hydroxylation is 1. The van der Waals surface area contributed by atoms with E-state index in [0.29, 0.717) is 0 Å². The topological polar surface area (TPSA) is 12.0 Å². The Hall–Kier alpha value is -1.38. The first kappa shape index (κ1) is 14.0. The minimum absolute atomic E-state index is 0.724. The average Bonchev–Trinajstić information content (AvgIpc) is 2.46. The molecule has 1 nitrogen and oxygen atoms in total. The van der Waals surface area contributed by atoms with Crippen LogP contribution in [-0.2, 0) is 13.0 Å². The predicted octanol–water partition coefficient (Wildman–Crippen LogP) is 4.37. The van der Waals surface area contributed by atoms with Crippen LogP contribution in [0.5, 0.6) is 0 Å². The highest BCUT2D eigenvalue weighted by Crippen LogP contribution is 2.10. The molecule has 0 heterocycles. The SMILES string of the molecule is CCc1ccc(CNC(=S)c2ccc(Cl)cc2)cc1. The maximum Gasteiger partial charge on any atom is 0.106 e. The van der Waals surface area contributed by atoms with Crippen molar-refractivity contribution in [3.63, 3.8) is 0 Å². The van der Waals surface area contributed by atoms with Crippen LogP contribution < -0.4 is 5.32 Å². The fraction of sp³-hybridized carbons (Fsp3) is 0.188. The highest BCUT2D eigenvalue weighted by molar-refractivity contribution is 7.80. The molecule has 3 heteroatoms. The Kier molecular flexibility index (Phi) is 4.94. The molecule has 0 atom stereocenters. The van der Waals surface area contributed by atoms with Crippen molar-refractivity contribution in [2.45, 2.75) is 19.9 Å². The number of hydrogen-bond acceptors (Lipinski definition) is 1. The van der Waals surface area contributed by atoms with Crippen LogP contribution in [0.3, 0.4) is 0 Å². The second-order valence-electron chi connectivity index (χ2n) is 4.36. The molecule has 2 aromatic rings. The van der Waals surface area contributed by atoms with Gasteiger partial charge in [-0.15, -0.1) is 0 Å². The number of benzene rings is 2. The molecule has 0 aliphatic heterocycles. The molecule has 0 aliphatic carbocycles. The zero-order valence-electron chi connectivity index (χ0n) is 10.8. The smallest absolute Gasteiger partial charge is 0.106 e. The summed E-state index contributed by atoms with van der Waals surface area (Å²) in [6.07, 6.45) is 1.07. The van der Waals surface area contributed by atoms with Gasteiger partial charge in [-0.2, -0.15) is 0 Å². The van der Waals surface area contributed by atoms with E-state index in [1.807, 2.05) is 24.3 Å². The molecule has 98 valence electrons. The monoisotopic (exact) mass is 289 g/mol. The van der Waals surface area contributed by atoms with E-state index < -0.39 is 0 Å². The first-order valence-corrected chi connectivity index (χ1v) is 7.09. The first-order valence-electron chi connectivity index (χ1n) is 6.30. The number of halogens is 1. The van der Waals surface area contributed by atoms with Gasteiger partial charge >= 0.3 is 0 Å². The lowest BCUT2D eigenvalue weighted by Gasteiger charge is -2.08. The van der Waals surface area contributed by atoms with Crippen LogP contribution >= 0.6 is 23.8 Å². The second-order valence-corrected chi connectivity index (χ2v) is 5.20. The molecule has 0 saturated heterocycles. The molecule has 0 unspecified atom stereocenters. The minimum atomic E-state index is 0.724. The molecule has 1 N–H and O–H groups in total. The molecule has 0 saturated carbocycles. The standard InChI is InChI=1S/C16H16ClNS/c1-2-12-3-5-13(6-4-12)11-18-16(19)14-7-9-15(17)10-8-14/h3-10H,2,11H2,1H3,(H,18,19). The lowest BCUT2D eigenvalue weighted by molar-refractivity contribution is 0.926. The average molecular weight is 290 g/mol. The van der Waals surface area contributed by atoms with Crippen molar-refractivity contribution in [3.8, 4) is 0 Å². The van der Waals surface area contributed by atoms with Gasteiger partial charge in [0, 0.05) is 17.1 Å². The van der Waals surface area contributed by atoms with Crippen molar-refractivity contribution in [1.29, 1.82) is 0 Å². The largest absolute Gasteiger partial charge is 0.372 e. The van der Waals surface area contributed by atoms with E-state index in [1.165, 1.54) is 11.1 Å². The summed E-state index contributed by atoms with van der Waals surface area (Å²) in [6, 6.07) is 16.1. The molecule has 0 aliphatic rings. The maximum atomic E-state index is 5.85. The van der Waals surface area contributed by atoms with Crippen LogP contribution in [0.15, 0.2) is 48.5 Å². The quantitative estimate of drug-likeness (QED) is 0.839. The van der Waals surface area contributed by atoms with Crippen LogP contribution in [0.25, 0.3) is 0 Å². The summed E-state index contributed by atoms with van der Waals surface area (Å²) in [6.45, 7) is 2.90. The van der Waals surface area contributed by atoms with Crippen molar-refractivity contribution in [1.82, 2.24) is 5.32 Å². The normalized spacial score (nSPS) is 10.2. The van der Waals surface area contributed by atoms with Crippen LogP contribution in [-0.4, -0.2) is 4.99 Å². The number of nitrogens with one attached hydrogen (secondary N) is 1. The van der Waals surface area contributed by atoms with Gasteiger partial charge in [0.1, 0.15) is 4.99 Å². The molecule has 0 fully saturated rings. The van der Waals surface area contributed by atoms with Gasteiger partial charge in [-0.3, -0.25) is 0 Å². The Morgan fingerprint density at radius 2 is 1.58 bits per heavy atom. The van der Waals surface area contributed by atoms with E-state index in [1.54, 1.807) is 0 Å². The summed E-state index contributed by atoms with van der Waals surface area (Å²) in [5.74, 6) is 0. The van der Waals surface area contributed by atoms with Crippen molar-refractivity contribution < 1.29 is 0 Å². The molecular weight excluding hydrogens is 274 g/mol. The third-order valence-electron chi connectivity index (χ3n) is 2.99. The fourth-order valence-corrected chi connectivity index (χ4v) is 2.11. The zero-order chi connectivity index (χ0) is 13.7. The molecule has 19 heavy (non-hydrogen) atoms. The fourth-order valence-electron chi connectivity index (χ4n) is 1.78. The number of rotatable bonds is 4. The highest BCUT2D eigenvalue weighted by atomic mass is 35.5. The predicted molar refractivity (Wildman–Crippen MR) is 85.8 cm³/mol. The summed E-state index contributed by atoms with van der Waals surface area (Å²) < 4.78 is 0. The third-order valence-corrected chi connectivity index (χ3v) is 3.62. The van der Waals surface area contributed by atoms with Crippen LogP contribution in [0.2, 0.25) is 5.02 Å². The van der Waals surface area contributed by atoms with Gasteiger partial charge < -0.3 is 5.32 Å². The Morgan fingerprint density at radius 1 is 1.00 bits per heavy atom. The number of hydrogen-bond donors (Lipinski definition) is 1. The van der Waals surface area contributed by atoms with E-state index in [4.69, 9.17) is 23.8 Å². The minimum Gasteiger partial charge on any atom is -0.372 e. The summed E-state index contributed by atoms with van der Waals surface area (Å²) in [4.78, 5) is 0.747. The Labute approximate surface area is 124 Å². The lowest BCUT2D eigenvalue weighted by Crippen LogP contribution is -2.21. The van der Waals surface area contributed by atoms with Gasteiger partial charge in [-0.1, -0.05) is 67.1 Å². The number of thiocarbonyl (C=S) groups is 1. The van der Waals surface area contributed by atoms with Gasteiger partial charge in [0.05, 0.1) is 0 Å². The molecule has 0 bridgehead atoms. The maximum absolute atomic E-state index is 5.85. The summed E-state index contributed by atoms with van der Waals surface area (Å²) in [5.41, 5.74) is 3.57. The molecule has 2 aromatic carbocycles. The van der Waals surface area contributed by atoms with Gasteiger partial charge in [0.25, 0.3) is 0 Å². The van der Waals surface area contributed by atoms with Crippen molar-refractivity contribution in [2.24, 2.45) is 0 Å². The van der Waals surface area contributed by atoms with E-state index in [-0.39, 0.29) is 0 Å². The van der Waals surface area contributed by atoms with Crippen LogP contribution in [0, 0.1) is 0 Å². The van der Waals surface area contributed by atoms with Crippen LogP contribution in [0.1, 0.15) is 23.6 Å². The van der Waals surface area contributed by atoms with E-state index in [9.17, 15) is 0 Å². The van der Waals surface area contributed by atoms with Crippen molar-refractivity contribution in [2.75, 3.05) is 0 Å². The molecule has 2 rings (SSSR count). The van der Waals surface area contributed by atoms with E-state index >= 15 is 0 Å². The second kappa shape index (κ2) is 6.69. The van der Waals surface area contributed by atoms with Crippen molar-refractivity contribution >= 4 is 28.8 Å². The van der Waals surface area contributed by atoms with E-state index in [0.717, 1.165) is 28.5 Å². The van der Waals surface area contributed by atoms with Gasteiger partial charge in [-0.05, 0) is 29.7 Å². The molecule has 0 spiro atoms. The lowest BCUT2D eigenvalue weighted by atomic mass is 10.1. The summed E-state index contributed by atoms with van der Waals surface area (Å²) in [7, 11) is 0. The molecule has 0 amide bonds. The molecule has 0 aromatic heterocycles. The summed E-state index contributed by atoms with van der Waals surface area (Å²) >= 11 is 11.2. The highest BCUT2D eigenvalue weighted by Gasteiger charge is 2.01. The Balaban J connectivity index is 1.94. The molecule has 0 radical (unpaired) electrons. The van der Waals surface area contributed by atoms with Gasteiger partial charge in [-0.25, -0.2) is 0 Å². The van der Waals surface area contributed by atoms with Crippen molar-refractivity contribution in [3.05, 3.63) is 70.2 Å². The first-order chi connectivity index (χ1) is 9.19. The van der Waals surface area contributed by atoms with E-state index in [2.05, 4.69) is 36.5 Å².